The average Bonchev–Trinajstić information content (AvgIpc) is 2.87. The second kappa shape index (κ2) is 8.42. The average molecular weight is 440 g/mol. The number of ether oxygens (including phenoxy) is 2. The number of hydrogen-bond donors (Lipinski definition) is 0. The van der Waals surface area contributed by atoms with Gasteiger partial charge in [-0.1, -0.05) is 35.0 Å². The molecule has 1 amide bonds. The van der Waals surface area contributed by atoms with Crippen molar-refractivity contribution in [2.45, 2.75) is 58.7 Å². The van der Waals surface area contributed by atoms with Gasteiger partial charge < -0.3 is 9.47 Å². The Morgan fingerprint density at radius 2 is 1.74 bits per heavy atom. The first-order chi connectivity index (χ1) is 12.5. The van der Waals surface area contributed by atoms with Gasteiger partial charge in [-0.3, -0.25) is 9.69 Å². The summed E-state index contributed by atoms with van der Waals surface area (Å²) in [6.45, 7) is 8.83. The summed E-state index contributed by atoms with van der Waals surface area (Å²) in [6.07, 6.45) is -0.0633. The third kappa shape index (κ3) is 5.54. The van der Waals surface area contributed by atoms with Crippen LogP contribution >= 0.6 is 15.9 Å². The van der Waals surface area contributed by atoms with Gasteiger partial charge in [0.15, 0.2) is 12.4 Å². The largest absolute Gasteiger partial charge is 0.456 e. The summed E-state index contributed by atoms with van der Waals surface area (Å²) in [5, 5.41) is 0. The van der Waals surface area contributed by atoms with Crippen molar-refractivity contribution in [1.82, 2.24) is 4.90 Å². The number of halogens is 1. The number of benzene rings is 1. The maximum Gasteiger partial charge on any atom is 0.411 e. The topological polar surface area (TPSA) is 72.9 Å². The molecule has 2 rings (SSSR count). The second-order valence-electron chi connectivity index (χ2n) is 7.89. The van der Waals surface area contributed by atoms with E-state index in [2.05, 4.69) is 15.9 Å². The molecule has 3 atom stereocenters. The van der Waals surface area contributed by atoms with Gasteiger partial charge in [-0.15, -0.1) is 0 Å². The smallest absolute Gasteiger partial charge is 0.411 e. The van der Waals surface area contributed by atoms with E-state index in [9.17, 15) is 14.4 Å². The van der Waals surface area contributed by atoms with Crippen LogP contribution in [0.1, 0.15) is 51.4 Å². The Balaban J connectivity index is 2.03. The molecule has 0 bridgehead atoms. The number of ketones is 1. The number of Topliss-reactive ketones (excluding diaryl/α,β-unsaturated/α-hetero) is 1. The highest BCUT2D eigenvalue weighted by Gasteiger charge is 2.45. The zero-order chi connectivity index (χ0) is 20.4. The molecule has 0 aliphatic carbocycles. The molecule has 1 aromatic rings. The zero-order valence-corrected chi connectivity index (χ0v) is 17.9. The van der Waals surface area contributed by atoms with E-state index in [0.717, 1.165) is 4.47 Å². The van der Waals surface area contributed by atoms with Crippen LogP contribution in [-0.4, -0.2) is 47.0 Å². The summed E-state index contributed by atoms with van der Waals surface area (Å²) >= 11 is 3.31. The highest BCUT2D eigenvalue weighted by Crippen LogP contribution is 2.31. The molecule has 1 fully saturated rings. The number of rotatable bonds is 4. The minimum absolute atomic E-state index is 0.122. The van der Waals surface area contributed by atoms with Gasteiger partial charge in [0, 0.05) is 16.1 Å². The third-order valence-corrected chi connectivity index (χ3v) is 5.11. The lowest BCUT2D eigenvalue weighted by Gasteiger charge is -2.30. The van der Waals surface area contributed by atoms with E-state index in [4.69, 9.17) is 9.47 Å². The summed E-state index contributed by atoms with van der Waals surface area (Å²) < 4.78 is 11.5. The fourth-order valence-corrected chi connectivity index (χ4v) is 3.25. The third-order valence-electron chi connectivity index (χ3n) is 4.58. The first-order valence-corrected chi connectivity index (χ1v) is 9.75. The first kappa shape index (κ1) is 21.4. The van der Waals surface area contributed by atoms with Crippen molar-refractivity contribution in [3.63, 3.8) is 0 Å². The van der Waals surface area contributed by atoms with E-state index in [1.54, 1.807) is 45.0 Å². The Morgan fingerprint density at radius 1 is 1.15 bits per heavy atom. The van der Waals surface area contributed by atoms with Gasteiger partial charge in [0.25, 0.3) is 0 Å². The minimum Gasteiger partial charge on any atom is -0.456 e. The maximum atomic E-state index is 12.6. The van der Waals surface area contributed by atoms with Gasteiger partial charge in [0.2, 0.25) is 0 Å². The SMILES string of the molecule is CC1C[C@@H](C(=O)OCC(=O)c2ccc(Br)cc2)N(C(=O)OC(C)(C)C)C1C. The molecule has 0 radical (unpaired) electrons. The lowest BCUT2D eigenvalue weighted by Crippen LogP contribution is -2.47. The molecule has 2 unspecified atom stereocenters. The summed E-state index contributed by atoms with van der Waals surface area (Å²) in [7, 11) is 0. The molecule has 0 saturated carbocycles. The number of nitrogens with zero attached hydrogens (tertiary/aromatic N) is 1. The number of hydrogen-bond acceptors (Lipinski definition) is 5. The monoisotopic (exact) mass is 439 g/mol. The standard InChI is InChI=1S/C20H26BrNO5/c1-12-10-16(22(13(12)2)19(25)27-20(3,4)5)18(24)26-11-17(23)14-6-8-15(21)9-7-14/h6-9,12-13,16H,10-11H2,1-5H3/t12?,13?,16-/m0/s1. The van der Waals surface area contributed by atoms with E-state index in [0.29, 0.717) is 12.0 Å². The normalized spacial score (nSPS) is 22.4. The number of esters is 1. The number of carbonyl (C=O) groups excluding carboxylic acids is 3. The molecule has 1 aliphatic heterocycles. The lowest BCUT2D eigenvalue weighted by atomic mass is 10.0. The van der Waals surface area contributed by atoms with Crippen molar-refractivity contribution in [1.29, 1.82) is 0 Å². The van der Waals surface area contributed by atoms with Crippen molar-refractivity contribution in [3.8, 4) is 0 Å². The predicted molar refractivity (Wildman–Crippen MR) is 105 cm³/mol. The molecule has 27 heavy (non-hydrogen) atoms. The molecular weight excluding hydrogens is 414 g/mol. The van der Waals surface area contributed by atoms with Crippen LogP contribution in [0.4, 0.5) is 4.79 Å². The van der Waals surface area contributed by atoms with E-state index in [1.165, 1.54) is 4.90 Å². The Labute approximate surface area is 168 Å². The summed E-state index contributed by atoms with van der Waals surface area (Å²) in [6, 6.07) is 5.92. The highest BCUT2D eigenvalue weighted by molar-refractivity contribution is 9.10. The van der Waals surface area contributed by atoms with E-state index < -0.39 is 23.7 Å². The van der Waals surface area contributed by atoms with Crippen molar-refractivity contribution in [2.75, 3.05) is 6.61 Å². The van der Waals surface area contributed by atoms with Gasteiger partial charge in [-0.25, -0.2) is 9.59 Å². The number of likely N-dealkylation sites (tertiary alicyclic amines) is 1. The van der Waals surface area contributed by atoms with E-state index >= 15 is 0 Å². The Morgan fingerprint density at radius 3 is 2.30 bits per heavy atom. The van der Waals surface area contributed by atoms with Gasteiger partial charge in [-0.2, -0.15) is 0 Å². The van der Waals surface area contributed by atoms with Gasteiger partial charge >= 0.3 is 12.1 Å². The Hall–Kier alpha value is -1.89. The van der Waals surface area contributed by atoms with E-state index in [1.807, 2.05) is 13.8 Å². The molecule has 0 N–H and O–H groups in total. The second-order valence-corrected chi connectivity index (χ2v) is 8.81. The first-order valence-electron chi connectivity index (χ1n) is 8.96. The van der Waals surface area contributed by atoms with Gasteiger partial charge in [-0.05, 0) is 52.2 Å². The van der Waals surface area contributed by atoms with Crippen LogP contribution in [0.2, 0.25) is 0 Å². The molecular formula is C20H26BrNO5. The fraction of sp³-hybridized carbons (Fsp3) is 0.550. The van der Waals surface area contributed by atoms with Crippen LogP contribution < -0.4 is 0 Å². The molecule has 1 heterocycles. The molecule has 1 aliphatic rings. The van der Waals surface area contributed by atoms with Crippen LogP contribution in [0.15, 0.2) is 28.7 Å². The lowest BCUT2D eigenvalue weighted by molar-refractivity contribution is -0.148. The fourth-order valence-electron chi connectivity index (χ4n) is 2.99. The van der Waals surface area contributed by atoms with Gasteiger partial charge in [0.05, 0.1) is 0 Å². The molecule has 0 spiro atoms. The van der Waals surface area contributed by atoms with Crippen LogP contribution in [-0.2, 0) is 14.3 Å². The van der Waals surface area contributed by atoms with Crippen LogP contribution in [0.3, 0.4) is 0 Å². The number of amides is 1. The molecule has 148 valence electrons. The highest BCUT2D eigenvalue weighted by atomic mass is 79.9. The molecule has 1 aromatic carbocycles. The summed E-state index contributed by atoms with van der Waals surface area (Å²) in [5.41, 5.74) is -0.197. The van der Waals surface area contributed by atoms with Crippen molar-refractivity contribution in [2.24, 2.45) is 5.92 Å². The van der Waals surface area contributed by atoms with Crippen LogP contribution in [0, 0.1) is 5.92 Å². The molecule has 1 saturated heterocycles. The molecule has 6 nitrogen and oxygen atoms in total. The minimum atomic E-state index is -0.748. The van der Waals surface area contributed by atoms with E-state index in [-0.39, 0.29) is 24.3 Å². The summed E-state index contributed by atoms with van der Waals surface area (Å²) in [5.74, 6) is -0.751. The van der Waals surface area contributed by atoms with Crippen molar-refractivity contribution in [3.05, 3.63) is 34.3 Å². The van der Waals surface area contributed by atoms with Crippen LogP contribution in [0.5, 0.6) is 0 Å². The molecule has 7 heteroatoms. The quantitative estimate of drug-likeness (QED) is 0.518. The predicted octanol–water partition coefficient (Wildman–Crippen LogP) is 4.21. The Kier molecular flexibility index (Phi) is 6.68. The Bertz CT molecular complexity index is 710. The molecule has 0 aromatic heterocycles. The number of carbonyl (C=O) groups is 3. The zero-order valence-electron chi connectivity index (χ0n) is 16.3. The maximum absolute atomic E-state index is 12.6. The van der Waals surface area contributed by atoms with Crippen molar-refractivity contribution >= 4 is 33.8 Å². The van der Waals surface area contributed by atoms with Crippen LogP contribution in [0.25, 0.3) is 0 Å². The van der Waals surface area contributed by atoms with Gasteiger partial charge in [0.1, 0.15) is 11.6 Å². The summed E-state index contributed by atoms with van der Waals surface area (Å²) in [4.78, 5) is 38.8. The van der Waals surface area contributed by atoms with Crippen molar-refractivity contribution < 1.29 is 23.9 Å².